The molecule has 0 radical (unpaired) electrons. The number of carbonyl (C=O) groups is 1. The molecule has 0 bridgehead atoms. The average Bonchev–Trinajstić information content (AvgIpc) is 2.32. The van der Waals surface area contributed by atoms with Crippen LogP contribution in [0, 0.1) is 21.3 Å². The summed E-state index contributed by atoms with van der Waals surface area (Å²) in [6.07, 6.45) is 7.92. The van der Waals surface area contributed by atoms with Gasteiger partial charge in [0.15, 0.2) is 0 Å². The maximum Gasteiger partial charge on any atom is 1.00 e. The van der Waals surface area contributed by atoms with Crippen LogP contribution in [0.15, 0.2) is 12.2 Å². The molecular weight excluding hydrogens is 263 g/mol. The molecule has 1 fully saturated rings. The fourth-order valence-electron chi connectivity index (χ4n) is 1.44. The zero-order valence-corrected chi connectivity index (χ0v) is 17.2. The predicted molar refractivity (Wildman–Crippen MR) is 82.0 cm³/mol. The Morgan fingerprint density at radius 3 is 2.11 bits per heavy atom. The number of hydrogen-bond donors (Lipinski definition) is 0. The summed E-state index contributed by atoms with van der Waals surface area (Å²) < 4.78 is 0. The quantitative estimate of drug-likeness (QED) is 0.411. The van der Waals surface area contributed by atoms with Crippen molar-refractivity contribution in [3.8, 4) is 0 Å². The molecule has 19 heavy (non-hydrogen) atoms. The van der Waals surface area contributed by atoms with Gasteiger partial charge in [0.05, 0.1) is 0 Å². The average molecular weight is 295 g/mol. The summed E-state index contributed by atoms with van der Waals surface area (Å²) in [7, 11) is 3.98. The van der Waals surface area contributed by atoms with Gasteiger partial charge >= 0.3 is 51.4 Å². The molecule has 1 heterocycles. The van der Waals surface area contributed by atoms with Gasteiger partial charge in [-0.2, -0.15) is 12.8 Å². The topological polar surface area (TPSA) is 23.6 Å². The summed E-state index contributed by atoms with van der Waals surface area (Å²) >= 11 is 0. The zero-order valence-electron chi connectivity index (χ0n) is 14.1. The van der Waals surface area contributed by atoms with Gasteiger partial charge in [0.1, 0.15) is 0 Å². The van der Waals surface area contributed by atoms with E-state index in [1.165, 1.54) is 0 Å². The van der Waals surface area contributed by atoms with Crippen LogP contribution >= 0.6 is 0 Å². The van der Waals surface area contributed by atoms with Gasteiger partial charge in [-0.3, -0.25) is 4.79 Å². The molecule has 1 aliphatic heterocycles. The number of nitrogens with zero attached hydrogens (tertiary/aromatic N) is 2. The van der Waals surface area contributed by atoms with Crippen LogP contribution < -0.4 is 51.4 Å². The van der Waals surface area contributed by atoms with E-state index >= 15 is 0 Å². The third-order valence-electron chi connectivity index (χ3n) is 2.25. The second-order valence-corrected chi connectivity index (χ2v) is 3.86. The molecule has 0 spiro atoms. The van der Waals surface area contributed by atoms with Gasteiger partial charge < -0.3 is 31.1 Å². The van der Waals surface area contributed by atoms with Crippen LogP contribution in [0.25, 0.3) is 0 Å². The van der Waals surface area contributed by atoms with Gasteiger partial charge in [0.2, 0.25) is 5.91 Å². The van der Waals surface area contributed by atoms with Crippen molar-refractivity contribution in [3.05, 3.63) is 33.4 Å². The summed E-state index contributed by atoms with van der Waals surface area (Å²) in [6.45, 7) is 6.59. The van der Waals surface area contributed by atoms with E-state index < -0.39 is 0 Å². The van der Waals surface area contributed by atoms with Gasteiger partial charge in [0.25, 0.3) is 0 Å². The van der Waals surface area contributed by atoms with Crippen LogP contribution in [0.5, 0.6) is 0 Å². The number of rotatable bonds is 3. The Balaban J connectivity index is -0.000000214. The van der Waals surface area contributed by atoms with Gasteiger partial charge in [0, 0.05) is 12.6 Å². The maximum absolute atomic E-state index is 11.6. The van der Waals surface area contributed by atoms with Gasteiger partial charge in [-0.05, 0) is 27.2 Å². The van der Waals surface area contributed by atoms with Crippen LogP contribution in [-0.2, 0) is 4.79 Å². The van der Waals surface area contributed by atoms with E-state index in [1.54, 1.807) is 6.08 Å². The van der Waals surface area contributed by atoms with Crippen molar-refractivity contribution in [3.63, 3.8) is 0 Å². The van der Waals surface area contributed by atoms with E-state index in [0.29, 0.717) is 0 Å². The minimum Gasteiger partial charge on any atom is -0.358 e. The number of amides is 1. The van der Waals surface area contributed by atoms with Crippen LogP contribution in [0.1, 0.15) is 26.7 Å². The molecule has 4 heteroatoms. The molecule has 0 atom stereocenters. The SMILES string of the molecule is CC.CN(C)C/C=C/C(=O)N1CC[CH-]CC1.[CH3-].[CH3-].[K+]. The molecule has 0 aromatic rings. The number of likely N-dealkylation sites (N-methyl/N-ethyl adjacent to an activating group) is 1. The van der Waals surface area contributed by atoms with E-state index in [2.05, 4.69) is 6.42 Å². The first-order valence-corrected chi connectivity index (χ1v) is 6.12. The molecule has 0 aromatic heterocycles. The van der Waals surface area contributed by atoms with E-state index in [-0.39, 0.29) is 72.1 Å². The number of hydrogen-bond acceptors (Lipinski definition) is 2. The van der Waals surface area contributed by atoms with E-state index in [4.69, 9.17) is 0 Å². The Kier molecular flexibility index (Phi) is 27.8. The first-order valence-electron chi connectivity index (χ1n) is 6.12. The second kappa shape index (κ2) is 18.8. The Morgan fingerprint density at radius 2 is 1.68 bits per heavy atom. The monoisotopic (exact) mass is 294 g/mol. The molecule has 3 nitrogen and oxygen atoms in total. The maximum atomic E-state index is 11.6. The van der Waals surface area contributed by atoms with Gasteiger partial charge in [-0.1, -0.05) is 19.9 Å². The summed E-state index contributed by atoms with van der Waals surface area (Å²) in [6, 6.07) is 0. The van der Waals surface area contributed by atoms with Gasteiger partial charge in [-0.25, -0.2) is 0 Å². The van der Waals surface area contributed by atoms with Crippen molar-refractivity contribution in [2.24, 2.45) is 0 Å². The summed E-state index contributed by atoms with van der Waals surface area (Å²) in [5.74, 6) is 0.153. The molecule has 1 amide bonds. The molecule has 1 rings (SSSR count). The first kappa shape index (κ1) is 28.0. The van der Waals surface area contributed by atoms with Crippen molar-refractivity contribution in [2.75, 3.05) is 33.7 Å². The van der Waals surface area contributed by atoms with Crippen LogP contribution in [-0.4, -0.2) is 49.4 Å². The molecule has 0 saturated carbocycles. The van der Waals surface area contributed by atoms with E-state index in [0.717, 1.165) is 32.5 Å². The molecule has 0 aliphatic carbocycles. The Labute approximate surface area is 164 Å². The third kappa shape index (κ3) is 15.0. The van der Waals surface area contributed by atoms with Crippen LogP contribution in [0.3, 0.4) is 0 Å². The van der Waals surface area contributed by atoms with Crippen molar-refractivity contribution in [1.82, 2.24) is 9.80 Å². The summed E-state index contributed by atoms with van der Waals surface area (Å²) in [5.41, 5.74) is 0. The first-order chi connectivity index (χ1) is 7.70. The molecule has 0 N–H and O–H groups in total. The largest absolute Gasteiger partial charge is 1.00 e. The van der Waals surface area contributed by atoms with Gasteiger partial charge in [-0.15, -0.1) is 0 Å². The summed E-state index contributed by atoms with van der Waals surface area (Å²) in [5, 5.41) is 0. The number of carbonyl (C=O) groups excluding carboxylic acids is 1. The minimum absolute atomic E-state index is 0. The van der Waals surface area contributed by atoms with Crippen molar-refractivity contribution in [2.45, 2.75) is 26.7 Å². The van der Waals surface area contributed by atoms with Crippen molar-refractivity contribution < 1.29 is 56.2 Å². The normalized spacial score (nSPS) is 13.6. The van der Waals surface area contributed by atoms with E-state index in [1.807, 2.05) is 43.8 Å². The molecular formula is C15H31KN2O-2. The molecule has 1 aliphatic rings. The predicted octanol–water partition coefficient (Wildman–Crippen LogP) is -0.138. The van der Waals surface area contributed by atoms with E-state index in [9.17, 15) is 4.79 Å². The fourth-order valence-corrected chi connectivity index (χ4v) is 1.44. The standard InChI is InChI=1S/C11H19N2O.C2H6.2CH3.K/c1-12(2)8-6-7-11(14)13-9-4-3-5-10-13;1-2;;;/h3,6-7H,4-5,8-10H2,1-2H3;1-2H3;2*1H3;/q-1;;2*-1;+1/b7-6+;;;;. The Bertz CT molecular complexity index is 212. The number of piperidine rings is 1. The fraction of sp³-hybridized carbons (Fsp3) is 0.600. The zero-order chi connectivity index (χ0) is 12.4. The second-order valence-electron chi connectivity index (χ2n) is 3.86. The van der Waals surface area contributed by atoms with Crippen LogP contribution in [0.2, 0.25) is 0 Å². The molecule has 110 valence electrons. The minimum atomic E-state index is 0. The molecule has 0 aromatic carbocycles. The molecule has 1 saturated heterocycles. The third-order valence-corrected chi connectivity index (χ3v) is 2.25. The Hall–Kier alpha value is 0.806. The summed E-state index contributed by atoms with van der Waals surface area (Å²) in [4.78, 5) is 15.5. The smallest absolute Gasteiger partial charge is 0.358 e. The Morgan fingerprint density at radius 1 is 1.21 bits per heavy atom. The molecule has 0 unspecified atom stereocenters. The van der Waals surface area contributed by atoms with Crippen molar-refractivity contribution >= 4 is 5.91 Å². The van der Waals surface area contributed by atoms with Crippen LogP contribution in [0.4, 0.5) is 0 Å². The van der Waals surface area contributed by atoms with Crippen molar-refractivity contribution in [1.29, 1.82) is 0 Å². The number of likely N-dealkylation sites (tertiary alicyclic amines) is 1.